The topological polar surface area (TPSA) is 72.4 Å². The molecule has 110 valence electrons. The van der Waals surface area contributed by atoms with Crippen LogP contribution in [0.3, 0.4) is 0 Å². The minimum atomic E-state index is -0.237. The van der Waals surface area contributed by atoms with Crippen molar-refractivity contribution in [3.05, 3.63) is 41.1 Å². The standard InChI is InChI=1S/C13H14N4O2S2/c1-8(10-5-17-13(16-10)21-7-14-17)15-12(18)11-4-3-9(19-11)6-20-2/h3-5,7-8H,6H2,1-2H3,(H,15,18)/t8-/m1/s1. The third-order valence-corrected chi connectivity index (χ3v) is 4.23. The number of carbonyl (C=O) groups is 1. The number of aromatic nitrogens is 3. The maximum absolute atomic E-state index is 12.1. The second-order valence-electron chi connectivity index (χ2n) is 4.53. The molecule has 8 heteroatoms. The molecule has 0 spiro atoms. The van der Waals surface area contributed by atoms with Crippen molar-refractivity contribution in [3.63, 3.8) is 0 Å². The van der Waals surface area contributed by atoms with Gasteiger partial charge >= 0.3 is 0 Å². The summed E-state index contributed by atoms with van der Waals surface area (Å²) in [7, 11) is 0. The summed E-state index contributed by atoms with van der Waals surface area (Å²) in [5.74, 6) is 1.64. The van der Waals surface area contributed by atoms with E-state index in [9.17, 15) is 4.79 Å². The number of imidazole rings is 1. The van der Waals surface area contributed by atoms with Crippen molar-refractivity contribution in [3.8, 4) is 0 Å². The Morgan fingerprint density at radius 1 is 1.57 bits per heavy atom. The smallest absolute Gasteiger partial charge is 0.287 e. The van der Waals surface area contributed by atoms with E-state index < -0.39 is 0 Å². The Kier molecular flexibility index (Phi) is 3.98. The fourth-order valence-corrected chi connectivity index (χ4v) is 2.97. The lowest BCUT2D eigenvalue weighted by Crippen LogP contribution is -2.26. The number of hydrogen-bond donors (Lipinski definition) is 1. The van der Waals surface area contributed by atoms with E-state index in [4.69, 9.17) is 4.42 Å². The van der Waals surface area contributed by atoms with Gasteiger partial charge in [0.25, 0.3) is 5.91 Å². The van der Waals surface area contributed by atoms with Crippen molar-refractivity contribution in [1.82, 2.24) is 19.9 Å². The van der Waals surface area contributed by atoms with Crippen LogP contribution < -0.4 is 5.32 Å². The molecule has 0 aliphatic heterocycles. The molecule has 6 nitrogen and oxygen atoms in total. The summed E-state index contributed by atoms with van der Waals surface area (Å²) in [5.41, 5.74) is 2.50. The summed E-state index contributed by atoms with van der Waals surface area (Å²) < 4.78 is 7.20. The van der Waals surface area contributed by atoms with Crippen LogP contribution in [0.15, 0.2) is 28.3 Å². The Hall–Kier alpha value is -1.80. The summed E-state index contributed by atoms with van der Waals surface area (Å²) in [6, 6.07) is 3.31. The zero-order chi connectivity index (χ0) is 14.8. The molecule has 0 aliphatic rings. The van der Waals surface area contributed by atoms with Crippen LogP contribution >= 0.6 is 23.1 Å². The van der Waals surface area contributed by atoms with E-state index in [1.165, 1.54) is 11.3 Å². The van der Waals surface area contributed by atoms with Gasteiger partial charge in [0.05, 0.1) is 23.7 Å². The Morgan fingerprint density at radius 3 is 3.19 bits per heavy atom. The summed E-state index contributed by atoms with van der Waals surface area (Å²) in [6.45, 7) is 1.89. The number of rotatable bonds is 5. The lowest BCUT2D eigenvalue weighted by atomic mass is 10.2. The molecule has 0 aliphatic carbocycles. The maximum Gasteiger partial charge on any atom is 0.287 e. The van der Waals surface area contributed by atoms with Crippen molar-refractivity contribution >= 4 is 34.0 Å². The number of nitrogens with zero attached hydrogens (tertiary/aromatic N) is 3. The van der Waals surface area contributed by atoms with Gasteiger partial charge in [-0.05, 0) is 25.3 Å². The van der Waals surface area contributed by atoms with E-state index in [1.54, 1.807) is 27.9 Å². The second-order valence-corrected chi connectivity index (χ2v) is 6.20. The van der Waals surface area contributed by atoms with Gasteiger partial charge in [0.1, 0.15) is 11.3 Å². The summed E-state index contributed by atoms with van der Waals surface area (Å²) in [6.07, 6.45) is 3.81. The summed E-state index contributed by atoms with van der Waals surface area (Å²) >= 11 is 3.11. The van der Waals surface area contributed by atoms with E-state index in [-0.39, 0.29) is 11.9 Å². The molecular formula is C13H14N4O2S2. The Morgan fingerprint density at radius 2 is 2.43 bits per heavy atom. The van der Waals surface area contributed by atoms with Crippen molar-refractivity contribution in [2.75, 3.05) is 6.26 Å². The largest absolute Gasteiger partial charge is 0.455 e. The van der Waals surface area contributed by atoms with Crippen LogP contribution in [-0.2, 0) is 5.75 Å². The van der Waals surface area contributed by atoms with Crippen LogP contribution in [0.1, 0.15) is 35.0 Å². The minimum Gasteiger partial charge on any atom is -0.455 e. The fraction of sp³-hybridized carbons (Fsp3) is 0.308. The lowest BCUT2D eigenvalue weighted by molar-refractivity contribution is 0.0910. The third kappa shape index (κ3) is 2.96. The highest BCUT2D eigenvalue weighted by molar-refractivity contribution is 7.97. The molecular weight excluding hydrogens is 308 g/mol. The highest BCUT2D eigenvalue weighted by Crippen LogP contribution is 2.17. The maximum atomic E-state index is 12.1. The summed E-state index contributed by atoms with van der Waals surface area (Å²) in [5, 5.41) is 7.00. The van der Waals surface area contributed by atoms with Crippen LogP contribution in [-0.4, -0.2) is 26.8 Å². The second kappa shape index (κ2) is 5.90. The first-order valence-corrected chi connectivity index (χ1v) is 8.62. The molecule has 1 amide bonds. The predicted octanol–water partition coefficient (Wildman–Crippen LogP) is 2.74. The molecule has 3 heterocycles. The molecule has 0 radical (unpaired) electrons. The van der Waals surface area contributed by atoms with Crippen LogP contribution in [0.25, 0.3) is 4.96 Å². The van der Waals surface area contributed by atoms with Crippen molar-refractivity contribution in [2.24, 2.45) is 0 Å². The monoisotopic (exact) mass is 322 g/mol. The number of amides is 1. The first kappa shape index (κ1) is 14.2. The third-order valence-electron chi connectivity index (χ3n) is 2.97. The average Bonchev–Trinajstić information content (AvgIpc) is 3.13. The Labute approximate surface area is 129 Å². The molecule has 0 saturated heterocycles. The Balaban J connectivity index is 1.69. The molecule has 0 aromatic carbocycles. The predicted molar refractivity (Wildman–Crippen MR) is 82.7 cm³/mol. The molecule has 1 N–H and O–H groups in total. The van der Waals surface area contributed by atoms with E-state index in [0.29, 0.717) is 5.76 Å². The van der Waals surface area contributed by atoms with Crippen LogP contribution in [0.2, 0.25) is 0 Å². The van der Waals surface area contributed by atoms with Gasteiger partial charge in [-0.25, -0.2) is 9.50 Å². The minimum absolute atomic E-state index is 0.208. The number of nitrogens with one attached hydrogen (secondary N) is 1. The molecule has 21 heavy (non-hydrogen) atoms. The zero-order valence-electron chi connectivity index (χ0n) is 11.6. The molecule has 3 aromatic rings. The van der Waals surface area contributed by atoms with Gasteiger partial charge in [-0.15, -0.1) is 0 Å². The first-order valence-electron chi connectivity index (χ1n) is 6.34. The van der Waals surface area contributed by atoms with Gasteiger partial charge in [0, 0.05) is 0 Å². The van der Waals surface area contributed by atoms with E-state index in [2.05, 4.69) is 15.4 Å². The van der Waals surface area contributed by atoms with E-state index >= 15 is 0 Å². The number of carbonyl (C=O) groups excluding carboxylic acids is 1. The average molecular weight is 322 g/mol. The molecule has 0 fully saturated rings. The number of thioether (sulfide) groups is 1. The molecule has 1 atom stereocenters. The molecule has 3 rings (SSSR count). The van der Waals surface area contributed by atoms with Crippen LogP contribution in [0.4, 0.5) is 0 Å². The van der Waals surface area contributed by atoms with Gasteiger partial charge in [-0.3, -0.25) is 4.79 Å². The summed E-state index contributed by atoms with van der Waals surface area (Å²) in [4.78, 5) is 17.4. The normalized spacial score (nSPS) is 12.7. The van der Waals surface area contributed by atoms with E-state index in [1.807, 2.05) is 25.4 Å². The Bertz CT molecular complexity index is 732. The molecule has 0 bridgehead atoms. The fourth-order valence-electron chi connectivity index (χ4n) is 1.93. The first-order chi connectivity index (χ1) is 10.2. The lowest BCUT2D eigenvalue weighted by Gasteiger charge is -2.09. The van der Waals surface area contributed by atoms with Crippen LogP contribution in [0.5, 0.6) is 0 Å². The quantitative estimate of drug-likeness (QED) is 0.782. The molecule has 3 aromatic heterocycles. The zero-order valence-corrected chi connectivity index (χ0v) is 13.2. The number of furan rings is 1. The van der Waals surface area contributed by atoms with Gasteiger partial charge in [-0.1, -0.05) is 11.3 Å². The van der Waals surface area contributed by atoms with Gasteiger partial charge in [0.15, 0.2) is 5.76 Å². The molecule has 0 unspecified atom stereocenters. The van der Waals surface area contributed by atoms with Gasteiger partial charge < -0.3 is 9.73 Å². The van der Waals surface area contributed by atoms with Crippen molar-refractivity contribution < 1.29 is 9.21 Å². The van der Waals surface area contributed by atoms with Gasteiger partial charge in [-0.2, -0.15) is 16.9 Å². The van der Waals surface area contributed by atoms with Crippen molar-refractivity contribution in [1.29, 1.82) is 0 Å². The van der Waals surface area contributed by atoms with E-state index in [0.717, 1.165) is 22.2 Å². The highest BCUT2D eigenvalue weighted by Gasteiger charge is 2.17. The number of hydrogen-bond acceptors (Lipinski definition) is 6. The number of fused-ring (bicyclic) bond motifs is 1. The van der Waals surface area contributed by atoms with Crippen molar-refractivity contribution in [2.45, 2.75) is 18.7 Å². The highest BCUT2D eigenvalue weighted by atomic mass is 32.2. The molecule has 0 saturated carbocycles. The van der Waals surface area contributed by atoms with Gasteiger partial charge in [0.2, 0.25) is 4.96 Å². The SMILES string of the molecule is CSCc1ccc(C(=O)N[C@H](C)c2cn3ncsc3n2)o1. The van der Waals surface area contributed by atoms with Crippen LogP contribution in [0, 0.1) is 0 Å².